The second-order valence-corrected chi connectivity index (χ2v) is 9.20. The quantitative estimate of drug-likeness (QED) is 0.516. The summed E-state index contributed by atoms with van der Waals surface area (Å²) in [5.74, 6) is -0.441. The normalized spacial score (nSPS) is 21.2. The van der Waals surface area contributed by atoms with E-state index >= 15 is 0 Å². The van der Waals surface area contributed by atoms with E-state index in [9.17, 15) is 34.8 Å². The summed E-state index contributed by atoms with van der Waals surface area (Å²) in [6.45, 7) is 2.28. The Hall–Kier alpha value is -1.75. The molecule has 1 heterocycles. The number of alkyl halides is 6. The number of fused-ring (bicyclic) bond motifs is 1. The molecular weight excluding hydrogens is 422 g/mol. The first-order valence-electron chi connectivity index (χ1n) is 9.03. The molecule has 1 aromatic carbocycles. The highest BCUT2D eigenvalue weighted by molar-refractivity contribution is 7.89. The molecule has 1 aromatic rings. The Morgan fingerprint density at radius 1 is 1.17 bits per heavy atom. The van der Waals surface area contributed by atoms with E-state index in [1.165, 1.54) is 6.07 Å². The number of nitrogens with one attached hydrogen (secondary N) is 1. The van der Waals surface area contributed by atoms with Crippen LogP contribution in [0.15, 0.2) is 24.8 Å². The Bertz CT molecular complexity index is 891. The molecule has 0 spiro atoms. The fraction of sp³-hybridized carbons (Fsp3) is 0.556. The van der Waals surface area contributed by atoms with Gasteiger partial charge in [0.2, 0.25) is 0 Å². The monoisotopic (exact) mass is 442 g/mol. The van der Waals surface area contributed by atoms with Gasteiger partial charge >= 0.3 is 21.7 Å². The van der Waals surface area contributed by atoms with Gasteiger partial charge < -0.3 is 5.32 Å². The summed E-state index contributed by atoms with van der Waals surface area (Å²) < 4.78 is 105. The van der Waals surface area contributed by atoms with Crippen LogP contribution >= 0.6 is 0 Å². The average Bonchev–Trinajstić information content (AvgIpc) is 3.42. The van der Waals surface area contributed by atoms with Crippen LogP contribution in [0.1, 0.15) is 48.3 Å². The van der Waals surface area contributed by atoms with Gasteiger partial charge in [0.15, 0.2) is 0 Å². The number of nitrogens with zero attached hydrogens (tertiary/aromatic N) is 1. The SMILES string of the molecule is C=CCCC1CN(S(=O)(=O)C(F)(F)F)Cc2c(ccc(C(F)(F)F)c2C2CC2)N1. The first-order chi connectivity index (χ1) is 13.4. The zero-order valence-electron chi connectivity index (χ0n) is 15.3. The molecule has 1 unspecified atom stereocenters. The molecular formula is C18H20F6N2O2S. The average molecular weight is 442 g/mol. The smallest absolute Gasteiger partial charge is 0.381 e. The summed E-state index contributed by atoms with van der Waals surface area (Å²) in [5, 5.41) is 2.96. The molecule has 11 heteroatoms. The van der Waals surface area contributed by atoms with E-state index in [1.807, 2.05) is 0 Å². The Balaban J connectivity index is 2.14. The van der Waals surface area contributed by atoms with E-state index in [2.05, 4.69) is 11.9 Å². The van der Waals surface area contributed by atoms with Crippen molar-refractivity contribution in [1.29, 1.82) is 0 Å². The van der Waals surface area contributed by atoms with Crippen LogP contribution in [0.4, 0.5) is 32.0 Å². The molecule has 1 atom stereocenters. The third kappa shape index (κ3) is 4.40. The van der Waals surface area contributed by atoms with E-state index in [0.29, 0.717) is 19.3 Å². The molecule has 0 radical (unpaired) electrons. The molecule has 162 valence electrons. The summed E-state index contributed by atoms with van der Waals surface area (Å²) in [7, 11) is -5.71. The number of rotatable bonds is 5. The first-order valence-corrected chi connectivity index (χ1v) is 10.5. The molecule has 3 rings (SSSR count). The lowest BCUT2D eigenvalue weighted by molar-refractivity contribution is -0.138. The molecule has 29 heavy (non-hydrogen) atoms. The summed E-state index contributed by atoms with van der Waals surface area (Å²) in [4.78, 5) is 0. The number of halogens is 6. The minimum absolute atomic E-state index is 0.0312. The van der Waals surface area contributed by atoms with Crippen LogP contribution in [-0.2, 0) is 22.7 Å². The van der Waals surface area contributed by atoms with Gasteiger partial charge in [0.25, 0.3) is 0 Å². The van der Waals surface area contributed by atoms with Crippen LogP contribution in [0, 0.1) is 0 Å². The van der Waals surface area contributed by atoms with Crippen LogP contribution in [0.25, 0.3) is 0 Å². The number of allylic oxidation sites excluding steroid dienone is 1. The van der Waals surface area contributed by atoms with Crippen molar-refractivity contribution >= 4 is 15.7 Å². The molecule has 1 saturated carbocycles. The highest BCUT2D eigenvalue weighted by Gasteiger charge is 2.51. The summed E-state index contributed by atoms with van der Waals surface area (Å²) >= 11 is 0. The van der Waals surface area contributed by atoms with Crippen molar-refractivity contribution in [3.8, 4) is 0 Å². The van der Waals surface area contributed by atoms with Crippen LogP contribution in [0.3, 0.4) is 0 Å². The maximum absolute atomic E-state index is 13.5. The summed E-state index contributed by atoms with van der Waals surface area (Å²) in [5.41, 5.74) is -6.35. The fourth-order valence-electron chi connectivity index (χ4n) is 3.62. The van der Waals surface area contributed by atoms with Crippen molar-refractivity contribution in [2.75, 3.05) is 11.9 Å². The van der Waals surface area contributed by atoms with Crippen LogP contribution in [0.2, 0.25) is 0 Å². The van der Waals surface area contributed by atoms with Gasteiger partial charge in [-0.25, -0.2) is 8.42 Å². The molecule has 1 aliphatic heterocycles. The van der Waals surface area contributed by atoms with E-state index < -0.39 is 52.3 Å². The Morgan fingerprint density at radius 3 is 2.34 bits per heavy atom. The Morgan fingerprint density at radius 2 is 1.83 bits per heavy atom. The third-order valence-electron chi connectivity index (χ3n) is 5.12. The summed E-state index contributed by atoms with van der Waals surface area (Å²) in [6, 6.07) is 1.39. The lowest BCUT2D eigenvalue weighted by atomic mass is 9.94. The molecule has 1 aliphatic carbocycles. The third-order valence-corrected chi connectivity index (χ3v) is 6.66. The van der Waals surface area contributed by atoms with Crippen molar-refractivity contribution in [3.63, 3.8) is 0 Å². The van der Waals surface area contributed by atoms with Crippen molar-refractivity contribution < 1.29 is 34.8 Å². The highest BCUT2D eigenvalue weighted by Crippen LogP contribution is 2.50. The largest absolute Gasteiger partial charge is 0.511 e. The van der Waals surface area contributed by atoms with E-state index in [1.54, 1.807) is 6.08 Å². The number of benzene rings is 1. The lowest BCUT2D eigenvalue weighted by Crippen LogP contribution is -2.44. The van der Waals surface area contributed by atoms with Gasteiger partial charge in [0.05, 0.1) is 5.56 Å². The minimum Gasteiger partial charge on any atom is -0.381 e. The first kappa shape index (κ1) is 21.9. The summed E-state index contributed by atoms with van der Waals surface area (Å²) in [6.07, 6.45) is -1.50. The zero-order chi connectivity index (χ0) is 21.6. The van der Waals surface area contributed by atoms with E-state index in [4.69, 9.17) is 0 Å². The second-order valence-electron chi connectivity index (χ2n) is 7.28. The second kappa shape index (κ2) is 7.50. The van der Waals surface area contributed by atoms with E-state index in [0.717, 1.165) is 6.07 Å². The van der Waals surface area contributed by atoms with E-state index in [-0.39, 0.29) is 27.5 Å². The van der Waals surface area contributed by atoms with Crippen molar-refractivity contribution in [2.45, 2.75) is 55.9 Å². The maximum atomic E-state index is 13.5. The number of hydrogen-bond acceptors (Lipinski definition) is 3. The van der Waals surface area contributed by atoms with Gasteiger partial charge in [-0.3, -0.25) is 0 Å². The number of anilines is 1. The van der Waals surface area contributed by atoms with Crippen LogP contribution < -0.4 is 5.32 Å². The highest BCUT2D eigenvalue weighted by atomic mass is 32.2. The van der Waals surface area contributed by atoms with Gasteiger partial charge in [-0.15, -0.1) is 6.58 Å². The molecule has 0 bridgehead atoms. The molecule has 2 aliphatic rings. The minimum atomic E-state index is -5.71. The molecule has 0 saturated heterocycles. The number of sulfonamides is 1. The van der Waals surface area contributed by atoms with Crippen molar-refractivity contribution in [3.05, 3.63) is 41.5 Å². The maximum Gasteiger partial charge on any atom is 0.511 e. The standard InChI is InChI=1S/C18H20F6N2O2S/c1-2-3-4-12-9-26(29(27,28)18(22,23)24)10-13-15(25-12)8-7-14(17(19,20)21)16(13)11-5-6-11/h2,7-8,11-12,25H,1,3-6,9-10H2. The predicted molar refractivity (Wildman–Crippen MR) is 95.6 cm³/mol. The van der Waals surface area contributed by atoms with Gasteiger partial charge in [0.1, 0.15) is 0 Å². The molecule has 1 N–H and O–H groups in total. The lowest BCUT2D eigenvalue weighted by Gasteiger charge is -2.25. The van der Waals surface area contributed by atoms with Crippen LogP contribution in [-0.4, -0.2) is 30.8 Å². The van der Waals surface area contributed by atoms with Crippen molar-refractivity contribution in [1.82, 2.24) is 4.31 Å². The number of hydrogen-bond donors (Lipinski definition) is 1. The van der Waals surface area contributed by atoms with Gasteiger partial charge in [-0.2, -0.15) is 30.6 Å². The Labute approximate surface area is 164 Å². The van der Waals surface area contributed by atoms with Gasteiger partial charge in [-0.05, 0) is 54.9 Å². The fourth-order valence-corrected chi connectivity index (χ4v) is 4.59. The predicted octanol–water partition coefficient (Wildman–Crippen LogP) is 4.99. The zero-order valence-corrected chi connectivity index (χ0v) is 16.1. The van der Waals surface area contributed by atoms with Gasteiger partial charge in [-0.1, -0.05) is 6.08 Å². The molecule has 0 aromatic heterocycles. The van der Waals surface area contributed by atoms with Crippen molar-refractivity contribution in [2.24, 2.45) is 0 Å². The van der Waals surface area contributed by atoms with Gasteiger partial charge in [0, 0.05) is 24.8 Å². The molecule has 1 fully saturated rings. The van der Waals surface area contributed by atoms with Crippen LogP contribution in [0.5, 0.6) is 0 Å². The topological polar surface area (TPSA) is 49.4 Å². The molecule has 4 nitrogen and oxygen atoms in total. The Kier molecular flexibility index (Phi) is 5.67. The molecule has 0 amide bonds.